The van der Waals surface area contributed by atoms with Crippen LogP contribution < -0.4 is 5.32 Å². The van der Waals surface area contributed by atoms with Gasteiger partial charge in [-0.15, -0.1) is 0 Å². The van der Waals surface area contributed by atoms with E-state index in [1.807, 2.05) is 0 Å². The Morgan fingerprint density at radius 1 is 1.33 bits per heavy atom. The molecule has 1 aliphatic rings. The van der Waals surface area contributed by atoms with Crippen LogP contribution >= 0.6 is 31.9 Å². The smallest absolute Gasteiger partial charge is 0.259 e. The SMILES string of the molecule is CNC1=C(C(C)=N)S(=O)(=O)CCN1C(=O)c1cc(Br)c(O)c(Br)c1. The van der Waals surface area contributed by atoms with Crippen LogP contribution in [0.2, 0.25) is 0 Å². The second kappa shape index (κ2) is 6.85. The van der Waals surface area contributed by atoms with Crippen LogP contribution in [-0.2, 0) is 9.84 Å². The van der Waals surface area contributed by atoms with Crippen molar-refractivity contribution in [2.45, 2.75) is 6.92 Å². The van der Waals surface area contributed by atoms with Gasteiger partial charge in [0.25, 0.3) is 5.91 Å². The summed E-state index contributed by atoms with van der Waals surface area (Å²) in [4.78, 5) is 13.9. The second-order valence-electron chi connectivity index (χ2n) is 5.12. The zero-order valence-electron chi connectivity index (χ0n) is 12.9. The number of halogens is 2. The number of benzene rings is 1. The van der Waals surface area contributed by atoms with Crippen molar-refractivity contribution in [3.8, 4) is 5.75 Å². The molecule has 1 aliphatic heterocycles. The molecule has 0 radical (unpaired) electrons. The lowest BCUT2D eigenvalue weighted by atomic mass is 10.2. The molecule has 0 saturated carbocycles. The van der Waals surface area contributed by atoms with Crippen LogP contribution in [0.3, 0.4) is 0 Å². The fraction of sp³-hybridized carbons (Fsp3) is 0.286. The summed E-state index contributed by atoms with van der Waals surface area (Å²) in [6.45, 7) is 1.34. The summed E-state index contributed by atoms with van der Waals surface area (Å²) in [6, 6.07) is 2.91. The number of phenols is 1. The van der Waals surface area contributed by atoms with Gasteiger partial charge in [-0.3, -0.25) is 9.69 Å². The van der Waals surface area contributed by atoms with Crippen molar-refractivity contribution in [3.63, 3.8) is 0 Å². The highest BCUT2D eigenvalue weighted by Gasteiger charge is 2.35. The molecule has 0 bridgehead atoms. The van der Waals surface area contributed by atoms with Gasteiger partial charge in [-0.25, -0.2) is 8.42 Å². The Bertz CT molecular complexity index is 842. The standard InChI is InChI=1S/C14H15Br2N3O4S/c1-7(17)12-13(18-2)19(3-4-24(12,22)23)14(21)8-5-9(15)11(20)10(16)6-8/h5-6,17-18,20H,3-4H2,1-2H3. The van der Waals surface area contributed by atoms with E-state index in [1.165, 1.54) is 31.0 Å². The van der Waals surface area contributed by atoms with Gasteiger partial charge >= 0.3 is 0 Å². The van der Waals surface area contributed by atoms with Crippen LogP contribution in [0.15, 0.2) is 31.8 Å². The van der Waals surface area contributed by atoms with E-state index >= 15 is 0 Å². The Labute approximate surface area is 156 Å². The topological polar surface area (TPSA) is 111 Å². The Morgan fingerprint density at radius 3 is 2.33 bits per heavy atom. The number of nitrogens with one attached hydrogen (secondary N) is 2. The van der Waals surface area contributed by atoms with Gasteiger partial charge in [0.2, 0.25) is 0 Å². The fourth-order valence-electron chi connectivity index (χ4n) is 2.40. The first-order valence-corrected chi connectivity index (χ1v) is 10.0. The maximum atomic E-state index is 12.8. The van der Waals surface area contributed by atoms with Crippen LogP contribution in [0.1, 0.15) is 17.3 Å². The first-order valence-electron chi connectivity index (χ1n) is 6.80. The predicted molar refractivity (Wildman–Crippen MR) is 97.8 cm³/mol. The van der Waals surface area contributed by atoms with E-state index in [0.29, 0.717) is 8.95 Å². The van der Waals surface area contributed by atoms with Crippen molar-refractivity contribution < 1.29 is 18.3 Å². The van der Waals surface area contributed by atoms with Crippen molar-refractivity contribution in [1.82, 2.24) is 10.2 Å². The van der Waals surface area contributed by atoms with Gasteiger partial charge in [0, 0.05) is 19.2 Å². The minimum Gasteiger partial charge on any atom is -0.506 e. The summed E-state index contributed by atoms with van der Waals surface area (Å²) in [6.07, 6.45) is 0. The molecule has 0 fully saturated rings. The molecule has 0 spiro atoms. The summed E-state index contributed by atoms with van der Waals surface area (Å²) in [5, 5.41) is 20.2. The van der Waals surface area contributed by atoms with Gasteiger partial charge in [-0.2, -0.15) is 0 Å². The molecule has 3 N–H and O–H groups in total. The molecule has 10 heteroatoms. The van der Waals surface area contributed by atoms with Crippen molar-refractivity contribution >= 4 is 53.3 Å². The van der Waals surface area contributed by atoms with Gasteiger partial charge in [0.05, 0.1) is 20.4 Å². The normalized spacial score (nSPS) is 16.9. The van der Waals surface area contributed by atoms with E-state index in [9.17, 15) is 18.3 Å². The Hall–Kier alpha value is -1.39. The van der Waals surface area contributed by atoms with E-state index < -0.39 is 15.7 Å². The maximum Gasteiger partial charge on any atom is 0.259 e. The zero-order valence-corrected chi connectivity index (χ0v) is 16.8. The highest BCUT2D eigenvalue weighted by atomic mass is 79.9. The maximum absolute atomic E-state index is 12.8. The van der Waals surface area contributed by atoms with Gasteiger partial charge in [0.15, 0.2) is 9.84 Å². The third kappa shape index (κ3) is 3.35. The second-order valence-corrected chi connectivity index (χ2v) is 8.87. The highest BCUT2D eigenvalue weighted by Crippen LogP contribution is 2.34. The van der Waals surface area contributed by atoms with Gasteiger partial charge in [-0.1, -0.05) is 0 Å². The van der Waals surface area contributed by atoms with Gasteiger partial charge in [-0.05, 0) is 50.9 Å². The average Bonchev–Trinajstić information content (AvgIpc) is 2.49. The Balaban J connectivity index is 2.58. The first kappa shape index (κ1) is 18.9. The van der Waals surface area contributed by atoms with E-state index in [0.717, 1.165) is 0 Å². The lowest BCUT2D eigenvalue weighted by Crippen LogP contribution is -2.45. The minimum absolute atomic E-state index is 0.0236. The predicted octanol–water partition coefficient (Wildman–Crippen LogP) is 2.22. The molecule has 0 saturated heterocycles. The van der Waals surface area contributed by atoms with Crippen LogP contribution in [0.5, 0.6) is 5.75 Å². The molecule has 1 heterocycles. The molecule has 0 atom stereocenters. The number of rotatable bonds is 3. The van der Waals surface area contributed by atoms with Gasteiger partial charge in [0.1, 0.15) is 16.5 Å². The number of hydrogen-bond acceptors (Lipinski definition) is 6. The van der Waals surface area contributed by atoms with Crippen LogP contribution in [0.25, 0.3) is 0 Å². The third-order valence-electron chi connectivity index (χ3n) is 3.47. The number of carbonyl (C=O) groups excluding carboxylic acids is 1. The monoisotopic (exact) mass is 479 g/mol. The van der Waals surface area contributed by atoms with Crippen molar-refractivity contribution in [1.29, 1.82) is 5.41 Å². The van der Waals surface area contributed by atoms with E-state index in [1.54, 1.807) is 0 Å². The van der Waals surface area contributed by atoms with Gasteiger partial charge < -0.3 is 15.8 Å². The molecule has 1 aromatic rings. The number of carbonyl (C=O) groups is 1. The molecule has 0 aliphatic carbocycles. The van der Waals surface area contributed by atoms with Crippen molar-refractivity contribution in [2.24, 2.45) is 0 Å². The summed E-state index contributed by atoms with van der Waals surface area (Å²) in [5.74, 6) is -0.641. The molecular weight excluding hydrogens is 466 g/mol. The van der Waals surface area contributed by atoms with Crippen molar-refractivity contribution in [2.75, 3.05) is 19.3 Å². The molecule has 1 aromatic carbocycles. The Kier molecular flexibility index (Phi) is 5.41. The minimum atomic E-state index is -3.62. The lowest BCUT2D eigenvalue weighted by Gasteiger charge is -2.31. The Morgan fingerprint density at radius 2 is 1.88 bits per heavy atom. The summed E-state index contributed by atoms with van der Waals surface area (Å²) in [7, 11) is -2.11. The number of hydrogen-bond donors (Lipinski definition) is 3. The van der Waals surface area contributed by atoms with Crippen LogP contribution in [-0.4, -0.2) is 49.4 Å². The molecule has 130 valence electrons. The molecule has 0 aromatic heterocycles. The number of phenolic OH excluding ortho intramolecular Hbond substituents is 1. The summed E-state index contributed by atoms with van der Waals surface area (Å²) in [5.41, 5.74) is 0.130. The molecule has 1 amide bonds. The number of amides is 1. The molecular formula is C14H15Br2N3O4S. The molecule has 0 unspecified atom stereocenters. The van der Waals surface area contributed by atoms with Crippen LogP contribution in [0, 0.1) is 5.41 Å². The first-order chi connectivity index (χ1) is 11.1. The summed E-state index contributed by atoms with van der Waals surface area (Å²) >= 11 is 6.33. The van der Waals surface area contributed by atoms with E-state index in [2.05, 4.69) is 37.2 Å². The van der Waals surface area contributed by atoms with Crippen molar-refractivity contribution in [3.05, 3.63) is 37.4 Å². The zero-order chi connectivity index (χ0) is 18.2. The average molecular weight is 481 g/mol. The highest BCUT2D eigenvalue weighted by molar-refractivity contribution is 9.11. The number of allylic oxidation sites excluding steroid dienone is 1. The number of aromatic hydroxyl groups is 1. The number of sulfone groups is 1. The number of nitrogens with zero attached hydrogens (tertiary/aromatic N) is 1. The molecule has 24 heavy (non-hydrogen) atoms. The fourth-order valence-corrected chi connectivity index (χ4v) is 5.19. The third-order valence-corrected chi connectivity index (χ3v) is 6.52. The molecule has 2 rings (SSSR count). The lowest BCUT2D eigenvalue weighted by molar-refractivity contribution is 0.0803. The molecule has 7 nitrogen and oxygen atoms in total. The van der Waals surface area contributed by atoms with E-state index in [-0.39, 0.29) is 40.0 Å². The summed E-state index contributed by atoms with van der Waals surface area (Å²) < 4.78 is 25.1. The van der Waals surface area contributed by atoms with E-state index in [4.69, 9.17) is 5.41 Å². The van der Waals surface area contributed by atoms with Crippen LogP contribution in [0.4, 0.5) is 0 Å². The largest absolute Gasteiger partial charge is 0.506 e. The quantitative estimate of drug-likeness (QED) is 0.574.